The second-order valence-corrected chi connectivity index (χ2v) is 4.87. The lowest BCUT2D eigenvalue weighted by Gasteiger charge is -2.31. The lowest BCUT2D eigenvalue weighted by molar-refractivity contribution is -0.0639. The van der Waals surface area contributed by atoms with E-state index in [9.17, 15) is 4.79 Å². The molecule has 0 N–H and O–H groups in total. The number of aromatic nitrogens is 2. The van der Waals surface area contributed by atoms with Crippen LogP contribution < -0.4 is 0 Å². The highest BCUT2D eigenvalue weighted by atomic mass is 16.5. The van der Waals surface area contributed by atoms with E-state index in [1.165, 1.54) is 12.4 Å². The molecule has 2 fully saturated rings. The zero-order valence-electron chi connectivity index (χ0n) is 10.9. The molecule has 0 radical (unpaired) electrons. The van der Waals surface area contributed by atoms with E-state index in [-0.39, 0.29) is 24.2 Å². The maximum atomic E-state index is 12.5. The third kappa shape index (κ3) is 2.21. The van der Waals surface area contributed by atoms with Crippen molar-refractivity contribution in [3.05, 3.63) is 24.3 Å². The van der Waals surface area contributed by atoms with Crippen LogP contribution in [0.4, 0.5) is 0 Å². The fraction of sp³-hybridized carbons (Fsp3) is 0.615. The molecule has 0 aromatic carbocycles. The van der Waals surface area contributed by atoms with Gasteiger partial charge in [-0.2, -0.15) is 0 Å². The molecule has 1 aromatic rings. The molecule has 6 heteroatoms. The maximum absolute atomic E-state index is 12.5. The predicted octanol–water partition coefficient (Wildman–Crippen LogP) is 0.495. The molecule has 2 aliphatic rings. The number of fused-ring (bicyclic) bond motifs is 1. The Morgan fingerprint density at radius 3 is 3.16 bits per heavy atom. The second-order valence-electron chi connectivity index (χ2n) is 4.87. The molecule has 0 bridgehead atoms. The van der Waals surface area contributed by atoms with E-state index in [0.717, 1.165) is 19.4 Å². The topological polar surface area (TPSA) is 64.5 Å². The van der Waals surface area contributed by atoms with Crippen molar-refractivity contribution < 1.29 is 14.3 Å². The first-order chi connectivity index (χ1) is 9.31. The van der Waals surface area contributed by atoms with E-state index in [0.29, 0.717) is 12.2 Å². The number of hydrogen-bond donors (Lipinski definition) is 0. The summed E-state index contributed by atoms with van der Waals surface area (Å²) in [5.74, 6) is -0.0897. The Bertz CT molecular complexity index is 454. The first kappa shape index (κ1) is 12.5. The minimum atomic E-state index is -0.0897. The van der Waals surface area contributed by atoms with Crippen molar-refractivity contribution in [2.75, 3.05) is 20.3 Å². The highest BCUT2D eigenvalue weighted by Gasteiger charge is 2.46. The third-order valence-corrected chi connectivity index (χ3v) is 3.82. The average molecular weight is 263 g/mol. The van der Waals surface area contributed by atoms with Crippen molar-refractivity contribution in [2.45, 2.75) is 31.1 Å². The Morgan fingerprint density at radius 1 is 1.53 bits per heavy atom. The van der Waals surface area contributed by atoms with Gasteiger partial charge in [0.15, 0.2) is 0 Å². The Hall–Kier alpha value is -1.53. The van der Waals surface area contributed by atoms with Crippen LogP contribution in [0, 0.1) is 0 Å². The minimum absolute atomic E-state index is 0.0145. The van der Waals surface area contributed by atoms with E-state index in [2.05, 4.69) is 9.97 Å². The van der Waals surface area contributed by atoms with Gasteiger partial charge in [0, 0.05) is 26.1 Å². The molecule has 1 aromatic heterocycles. The number of rotatable bonds is 2. The quantitative estimate of drug-likeness (QED) is 0.777. The first-order valence-electron chi connectivity index (χ1n) is 6.52. The monoisotopic (exact) mass is 263 g/mol. The molecule has 0 saturated carbocycles. The van der Waals surface area contributed by atoms with Crippen molar-refractivity contribution in [2.24, 2.45) is 0 Å². The number of likely N-dealkylation sites (tertiary alicyclic amines) is 1. The summed E-state index contributed by atoms with van der Waals surface area (Å²) in [6.45, 7) is 1.30. The smallest absolute Gasteiger partial charge is 0.274 e. The molecule has 3 heterocycles. The molecule has 6 nitrogen and oxygen atoms in total. The molecule has 19 heavy (non-hydrogen) atoms. The van der Waals surface area contributed by atoms with Crippen LogP contribution in [0.1, 0.15) is 23.3 Å². The molecule has 3 atom stereocenters. The zero-order valence-corrected chi connectivity index (χ0v) is 10.9. The molecule has 0 unspecified atom stereocenters. The molecule has 0 spiro atoms. The summed E-state index contributed by atoms with van der Waals surface area (Å²) in [4.78, 5) is 22.3. The lowest BCUT2D eigenvalue weighted by Crippen LogP contribution is -2.44. The van der Waals surface area contributed by atoms with Gasteiger partial charge in [-0.1, -0.05) is 0 Å². The Kier molecular flexibility index (Phi) is 3.44. The van der Waals surface area contributed by atoms with Crippen LogP contribution >= 0.6 is 0 Å². The fourth-order valence-electron chi connectivity index (χ4n) is 2.91. The van der Waals surface area contributed by atoms with Crippen LogP contribution in [0.2, 0.25) is 0 Å². The van der Waals surface area contributed by atoms with Gasteiger partial charge in [-0.05, 0) is 12.8 Å². The van der Waals surface area contributed by atoms with E-state index in [1.54, 1.807) is 13.3 Å². The Morgan fingerprint density at radius 2 is 2.42 bits per heavy atom. The SMILES string of the molecule is CO[C@@H]1CN(C(=O)c2cnccn2)[C@H]2CCCO[C@@H]12. The van der Waals surface area contributed by atoms with Crippen LogP contribution in [0.5, 0.6) is 0 Å². The average Bonchev–Trinajstić information content (AvgIpc) is 2.86. The normalized spacial score (nSPS) is 30.2. The zero-order chi connectivity index (χ0) is 13.2. The van der Waals surface area contributed by atoms with Crippen LogP contribution in [-0.4, -0.2) is 59.3 Å². The van der Waals surface area contributed by atoms with Crippen LogP contribution in [0.3, 0.4) is 0 Å². The molecular weight excluding hydrogens is 246 g/mol. The van der Waals surface area contributed by atoms with E-state index >= 15 is 0 Å². The molecule has 1 amide bonds. The summed E-state index contributed by atoms with van der Waals surface area (Å²) in [5, 5.41) is 0. The van der Waals surface area contributed by atoms with Crippen LogP contribution in [0.25, 0.3) is 0 Å². The number of carbonyl (C=O) groups is 1. The summed E-state index contributed by atoms with van der Waals surface area (Å²) < 4.78 is 11.2. The van der Waals surface area contributed by atoms with E-state index in [4.69, 9.17) is 9.47 Å². The first-order valence-corrected chi connectivity index (χ1v) is 6.52. The van der Waals surface area contributed by atoms with Gasteiger partial charge in [0.25, 0.3) is 5.91 Å². The highest BCUT2D eigenvalue weighted by Crippen LogP contribution is 2.31. The number of ether oxygens (including phenoxy) is 2. The van der Waals surface area contributed by atoms with Crippen LogP contribution in [-0.2, 0) is 9.47 Å². The van der Waals surface area contributed by atoms with Gasteiger partial charge in [0.1, 0.15) is 17.9 Å². The fourth-order valence-corrected chi connectivity index (χ4v) is 2.91. The van der Waals surface area contributed by atoms with Crippen molar-refractivity contribution in [3.8, 4) is 0 Å². The molecular formula is C13H17N3O3. The number of nitrogens with zero attached hydrogens (tertiary/aromatic N) is 3. The number of amides is 1. The van der Waals surface area contributed by atoms with Crippen LogP contribution in [0.15, 0.2) is 18.6 Å². The minimum Gasteiger partial charge on any atom is -0.377 e. The van der Waals surface area contributed by atoms with Crippen molar-refractivity contribution in [3.63, 3.8) is 0 Å². The number of carbonyl (C=O) groups excluding carboxylic acids is 1. The van der Waals surface area contributed by atoms with E-state index in [1.807, 2.05) is 4.90 Å². The van der Waals surface area contributed by atoms with Gasteiger partial charge in [0.05, 0.1) is 18.8 Å². The van der Waals surface area contributed by atoms with Crippen molar-refractivity contribution in [1.29, 1.82) is 0 Å². The van der Waals surface area contributed by atoms with Gasteiger partial charge in [-0.3, -0.25) is 9.78 Å². The van der Waals surface area contributed by atoms with Crippen molar-refractivity contribution >= 4 is 5.91 Å². The summed E-state index contributed by atoms with van der Waals surface area (Å²) in [6, 6.07) is 0.0909. The highest BCUT2D eigenvalue weighted by molar-refractivity contribution is 5.92. The molecule has 102 valence electrons. The van der Waals surface area contributed by atoms with Gasteiger partial charge >= 0.3 is 0 Å². The largest absolute Gasteiger partial charge is 0.377 e. The summed E-state index contributed by atoms with van der Waals surface area (Å²) in [7, 11) is 1.66. The van der Waals surface area contributed by atoms with Gasteiger partial charge in [-0.15, -0.1) is 0 Å². The number of hydrogen-bond acceptors (Lipinski definition) is 5. The lowest BCUT2D eigenvalue weighted by atomic mass is 10.0. The molecule has 2 aliphatic heterocycles. The Balaban J connectivity index is 1.82. The maximum Gasteiger partial charge on any atom is 0.274 e. The summed E-state index contributed by atoms with van der Waals surface area (Å²) >= 11 is 0. The molecule has 0 aliphatic carbocycles. The van der Waals surface area contributed by atoms with Crippen molar-refractivity contribution in [1.82, 2.24) is 14.9 Å². The van der Waals surface area contributed by atoms with Gasteiger partial charge < -0.3 is 14.4 Å². The predicted molar refractivity (Wildman–Crippen MR) is 66.6 cm³/mol. The summed E-state index contributed by atoms with van der Waals surface area (Å²) in [6.07, 6.45) is 6.46. The van der Waals surface area contributed by atoms with Gasteiger partial charge in [0.2, 0.25) is 0 Å². The second kappa shape index (κ2) is 5.22. The van der Waals surface area contributed by atoms with Gasteiger partial charge in [-0.25, -0.2) is 4.98 Å². The molecule has 3 rings (SSSR count). The third-order valence-electron chi connectivity index (χ3n) is 3.82. The summed E-state index contributed by atoms with van der Waals surface area (Å²) in [5.41, 5.74) is 0.378. The molecule has 2 saturated heterocycles. The standard InChI is InChI=1S/C13H17N3O3/c1-18-11-8-16(10-3-2-6-19-12(10)11)13(17)9-7-14-4-5-15-9/h4-5,7,10-12H,2-3,6,8H2,1H3/t10-,11+,12+/m0/s1. The Labute approximate surface area is 111 Å². The van der Waals surface area contributed by atoms with E-state index < -0.39 is 0 Å². The number of methoxy groups -OCH3 is 1.